The number of piperidine rings is 2. The normalized spacial score (nSPS) is 15.6. The lowest BCUT2D eigenvalue weighted by atomic mass is 9.98. The number of carbonyl (C=O) groups excluding carboxylic acids is 2. The van der Waals surface area contributed by atoms with E-state index in [9.17, 15) is 19.5 Å². The average molecular weight is 919 g/mol. The number of nitrogens with one attached hydrogen (secondary N) is 2. The van der Waals surface area contributed by atoms with Crippen LogP contribution in [0.25, 0.3) is 21.9 Å². The van der Waals surface area contributed by atoms with Crippen LogP contribution in [0.2, 0.25) is 0 Å². The van der Waals surface area contributed by atoms with Gasteiger partial charge in [0.05, 0.1) is 25.7 Å². The monoisotopic (exact) mass is 919 g/mol. The number of fused-ring (bicyclic) bond motifs is 2. The Kier molecular flexibility index (Phi) is 18.7. The Morgan fingerprint density at radius 1 is 0.697 bits per heavy atom. The van der Waals surface area contributed by atoms with Crippen molar-refractivity contribution >= 4 is 34.1 Å². The van der Waals surface area contributed by atoms with Crippen LogP contribution < -0.4 is 30.3 Å². The number of allylic oxidation sites excluding steroid dienone is 4. The molecule has 1 aromatic heterocycles. The van der Waals surface area contributed by atoms with Crippen LogP contribution in [0.5, 0.6) is 23.0 Å². The first-order valence-corrected chi connectivity index (χ1v) is 24.0. The first kappa shape index (κ1) is 52.0. The number of ether oxygens (including phenoxy) is 5. The fourth-order valence-corrected chi connectivity index (χ4v) is 8.46. The fourth-order valence-electron chi connectivity index (χ4n) is 8.46. The standard InChI is InChI=1S/C52H78N4O10/c1-34(2)16-18-38-40(62-30-14-12-24-55-26-20-36(21-27-55)53-49(59)65-51(5,6)7)32-42-45(46(38)57)47(58)44-39(19-17-35(3)4)48(61-11)43(33-41(44)64-42)63-31-15-13-25-56-28-22-37(23-29-56)54-50(60)66-52(8,9)10/h16-17,32-33,36-37,57H,12-15,18-31H2,1-11H3,(H,53,59)(H,54,60). The van der Waals surface area contributed by atoms with Gasteiger partial charge in [-0.1, -0.05) is 23.3 Å². The van der Waals surface area contributed by atoms with Crippen LogP contribution in [-0.2, 0) is 22.3 Å². The number of hydrogen-bond donors (Lipinski definition) is 3. The topological polar surface area (TPSA) is 161 Å². The van der Waals surface area contributed by atoms with Crippen molar-refractivity contribution < 1.29 is 42.8 Å². The van der Waals surface area contributed by atoms with Crippen molar-refractivity contribution in [2.45, 2.75) is 157 Å². The maximum absolute atomic E-state index is 14.7. The summed E-state index contributed by atoms with van der Waals surface area (Å²) in [5.41, 5.74) is 2.52. The van der Waals surface area contributed by atoms with Crippen LogP contribution in [0.15, 0.2) is 44.6 Å². The zero-order valence-electron chi connectivity index (χ0n) is 41.7. The molecule has 0 saturated carbocycles. The zero-order chi connectivity index (χ0) is 48.2. The van der Waals surface area contributed by atoms with Gasteiger partial charge in [0.2, 0.25) is 5.43 Å². The van der Waals surface area contributed by atoms with Gasteiger partial charge >= 0.3 is 12.2 Å². The van der Waals surface area contributed by atoms with E-state index in [1.807, 2.05) is 81.4 Å². The van der Waals surface area contributed by atoms with E-state index in [-0.39, 0.29) is 46.4 Å². The molecule has 2 aliphatic rings. The Morgan fingerprint density at radius 2 is 1.14 bits per heavy atom. The molecule has 3 aromatic rings. The predicted molar refractivity (Wildman–Crippen MR) is 262 cm³/mol. The van der Waals surface area contributed by atoms with Gasteiger partial charge in [0.25, 0.3) is 0 Å². The number of aromatic hydroxyl groups is 1. The number of rotatable bonds is 19. The molecule has 66 heavy (non-hydrogen) atoms. The molecule has 366 valence electrons. The van der Waals surface area contributed by atoms with Gasteiger partial charge in [-0.15, -0.1) is 0 Å². The largest absolute Gasteiger partial charge is 0.507 e. The van der Waals surface area contributed by atoms with E-state index in [2.05, 4.69) is 20.4 Å². The van der Waals surface area contributed by atoms with Crippen molar-refractivity contribution in [1.82, 2.24) is 20.4 Å². The van der Waals surface area contributed by atoms with E-state index in [0.717, 1.165) is 102 Å². The number of unbranched alkanes of at least 4 members (excludes halogenated alkanes) is 2. The highest BCUT2D eigenvalue weighted by Gasteiger charge is 2.27. The second-order valence-electron chi connectivity index (χ2n) is 20.4. The number of nitrogens with zero attached hydrogens (tertiary/aromatic N) is 2. The summed E-state index contributed by atoms with van der Waals surface area (Å²) >= 11 is 0. The highest BCUT2D eigenvalue weighted by molar-refractivity contribution is 5.98. The molecule has 3 N–H and O–H groups in total. The Bertz CT molecular complexity index is 2230. The number of carbonyl (C=O) groups is 2. The van der Waals surface area contributed by atoms with Gasteiger partial charge in [-0.2, -0.15) is 0 Å². The van der Waals surface area contributed by atoms with E-state index < -0.39 is 11.2 Å². The SMILES string of the molecule is COc1c(OCCCCN2CCC(NC(=O)OC(C)(C)C)CC2)cc2oc3cc(OCCCCN4CCC(NC(=O)OC(C)(C)C)CC4)c(CC=C(C)C)c(O)c3c(=O)c2c1CC=C(C)C. The number of alkyl carbamates (subject to hydrolysis) is 2. The van der Waals surface area contributed by atoms with E-state index in [4.69, 9.17) is 28.1 Å². The summed E-state index contributed by atoms with van der Waals surface area (Å²) in [5, 5.41) is 18.4. The minimum absolute atomic E-state index is 0.107. The van der Waals surface area contributed by atoms with Crippen molar-refractivity contribution in [2.75, 3.05) is 59.6 Å². The second kappa shape index (κ2) is 23.7. The number of phenolic OH excluding ortho intramolecular Hbond substituents is 1. The molecular weight excluding hydrogens is 841 g/mol. The van der Waals surface area contributed by atoms with E-state index in [1.54, 1.807) is 19.2 Å². The molecule has 0 aliphatic carbocycles. The third kappa shape index (κ3) is 15.6. The number of amides is 2. The second-order valence-corrected chi connectivity index (χ2v) is 20.4. The summed E-state index contributed by atoms with van der Waals surface area (Å²) in [4.78, 5) is 44.0. The lowest BCUT2D eigenvalue weighted by Crippen LogP contribution is -2.46. The predicted octanol–water partition coefficient (Wildman–Crippen LogP) is 9.97. The minimum atomic E-state index is -0.523. The van der Waals surface area contributed by atoms with Crippen molar-refractivity contribution in [3.63, 3.8) is 0 Å². The molecule has 0 unspecified atom stereocenters. The molecule has 2 aromatic carbocycles. The number of benzene rings is 2. The first-order chi connectivity index (χ1) is 31.2. The van der Waals surface area contributed by atoms with Gasteiger partial charge in [0, 0.05) is 61.5 Å². The molecule has 5 rings (SSSR count). The van der Waals surface area contributed by atoms with Crippen LogP contribution in [0.1, 0.15) is 132 Å². The van der Waals surface area contributed by atoms with Gasteiger partial charge < -0.3 is 53.6 Å². The highest BCUT2D eigenvalue weighted by Crippen LogP contribution is 2.42. The number of methoxy groups -OCH3 is 1. The quantitative estimate of drug-likeness (QED) is 0.0594. The van der Waals surface area contributed by atoms with Crippen LogP contribution in [0.4, 0.5) is 9.59 Å². The van der Waals surface area contributed by atoms with E-state index >= 15 is 0 Å². The molecule has 2 saturated heterocycles. The zero-order valence-corrected chi connectivity index (χ0v) is 41.7. The molecule has 0 atom stereocenters. The molecule has 2 aliphatic heterocycles. The molecule has 0 bridgehead atoms. The van der Waals surface area contributed by atoms with Crippen molar-refractivity contribution in [3.8, 4) is 23.0 Å². The van der Waals surface area contributed by atoms with Gasteiger partial charge in [-0.05, 0) is 147 Å². The third-order valence-corrected chi connectivity index (χ3v) is 11.8. The van der Waals surface area contributed by atoms with Crippen molar-refractivity contribution in [2.24, 2.45) is 0 Å². The summed E-state index contributed by atoms with van der Waals surface area (Å²) in [6.07, 6.45) is 11.0. The van der Waals surface area contributed by atoms with Crippen LogP contribution in [0, 0.1) is 0 Å². The molecule has 0 radical (unpaired) electrons. The molecule has 14 nitrogen and oxygen atoms in total. The summed E-state index contributed by atoms with van der Waals surface area (Å²) < 4.78 is 36.2. The minimum Gasteiger partial charge on any atom is -0.507 e. The highest BCUT2D eigenvalue weighted by atomic mass is 16.6. The lowest BCUT2D eigenvalue weighted by Gasteiger charge is -2.32. The lowest BCUT2D eigenvalue weighted by molar-refractivity contribution is 0.0466. The van der Waals surface area contributed by atoms with Gasteiger partial charge in [0.1, 0.15) is 39.3 Å². The Morgan fingerprint density at radius 3 is 1.59 bits per heavy atom. The number of hydrogen-bond acceptors (Lipinski definition) is 12. The molecule has 0 spiro atoms. The summed E-state index contributed by atoms with van der Waals surface area (Å²) in [7, 11) is 1.58. The maximum atomic E-state index is 14.7. The molecule has 14 heteroatoms. The Hall–Kier alpha value is -4.95. The van der Waals surface area contributed by atoms with Crippen molar-refractivity contribution in [1.29, 1.82) is 0 Å². The summed E-state index contributed by atoms with van der Waals surface area (Å²) in [6.45, 7) is 25.5. The van der Waals surface area contributed by atoms with Crippen LogP contribution in [0.3, 0.4) is 0 Å². The van der Waals surface area contributed by atoms with E-state index in [1.165, 1.54) is 0 Å². The average Bonchev–Trinajstić information content (AvgIpc) is 3.21. The fraction of sp³-hybridized carbons (Fsp3) is 0.635. The summed E-state index contributed by atoms with van der Waals surface area (Å²) in [6, 6.07) is 3.69. The van der Waals surface area contributed by atoms with E-state index in [0.29, 0.717) is 65.4 Å². The van der Waals surface area contributed by atoms with Gasteiger partial charge in [0.15, 0.2) is 11.5 Å². The Balaban J connectivity index is 1.27. The van der Waals surface area contributed by atoms with Gasteiger partial charge in [-0.25, -0.2) is 9.59 Å². The van der Waals surface area contributed by atoms with Crippen LogP contribution in [-0.4, -0.2) is 110 Å². The molecular formula is C52H78N4O10. The molecule has 2 fully saturated rings. The Labute approximate surface area is 392 Å². The first-order valence-electron chi connectivity index (χ1n) is 24.0. The number of phenols is 1. The van der Waals surface area contributed by atoms with Crippen molar-refractivity contribution in [3.05, 3.63) is 56.8 Å². The molecule has 2 amide bonds. The third-order valence-electron chi connectivity index (χ3n) is 11.8. The van der Waals surface area contributed by atoms with Crippen LogP contribution >= 0.6 is 0 Å². The molecule has 3 heterocycles. The smallest absolute Gasteiger partial charge is 0.407 e. The number of likely N-dealkylation sites (tertiary alicyclic amines) is 2. The maximum Gasteiger partial charge on any atom is 0.407 e. The summed E-state index contributed by atoms with van der Waals surface area (Å²) in [5.74, 6) is 1.29. The van der Waals surface area contributed by atoms with Gasteiger partial charge in [-0.3, -0.25) is 4.79 Å².